The van der Waals surface area contributed by atoms with Crippen LogP contribution in [0.2, 0.25) is 0 Å². The van der Waals surface area contributed by atoms with Gasteiger partial charge in [-0.3, -0.25) is 14.9 Å². The zero-order valence-corrected chi connectivity index (χ0v) is 12.9. The summed E-state index contributed by atoms with van der Waals surface area (Å²) in [6.45, 7) is 2.35. The van der Waals surface area contributed by atoms with Gasteiger partial charge in [0.05, 0.1) is 11.5 Å². The number of halogens is 1. The normalized spacial score (nSPS) is 10.6. The SMILES string of the molecule is CCOc1ccccc1/C=C/C(=O)Nc1ccc(F)c([N+](=O)[O-])c1. The summed E-state index contributed by atoms with van der Waals surface area (Å²) in [6.07, 6.45) is 2.84. The molecule has 2 aromatic carbocycles. The van der Waals surface area contributed by atoms with Crippen LogP contribution in [0.1, 0.15) is 12.5 Å². The molecule has 2 aromatic rings. The van der Waals surface area contributed by atoms with Crippen LogP contribution in [-0.4, -0.2) is 17.4 Å². The smallest absolute Gasteiger partial charge is 0.306 e. The Labute approximate surface area is 137 Å². The Kier molecular flexibility index (Phi) is 5.62. The quantitative estimate of drug-likeness (QED) is 0.496. The second-order valence-corrected chi connectivity index (χ2v) is 4.72. The number of nitrogens with zero attached hydrogens (tertiary/aromatic N) is 1. The van der Waals surface area contributed by atoms with E-state index in [0.29, 0.717) is 12.4 Å². The summed E-state index contributed by atoms with van der Waals surface area (Å²) in [7, 11) is 0. The number of anilines is 1. The molecule has 7 heteroatoms. The standard InChI is InChI=1S/C17H15FN2O4/c1-2-24-16-6-4-3-5-12(16)7-10-17(21)19-13-8-9-14(18)15(11-13)20(22)23/h3-11H,2H2,1H3,(H,19,21)/b10-7+. The number of nitro groups is 1. The van der Waals surface area contributed by atoms with Crippen LogP contribution in [-0.2, 0) is 4.79 Å². The van der Waals surface area contributed by atoms with Crippen LogP contribution >= 0.6 is 0 Å². The van der Waals surface area contributed by atoms with Crippen molar-refractivity contribution in [2.24, 2.45) is 0 Å². The zero-order chi connectivity index (χ0) is 17.5. The molecule has 2 rings (SSSR count). The number of nitrogens with one attached hydrogen (secondary N) is 1. The number of ether oxygens (including phenoxy) is 1. The lowest BCUT2D eigenvalue weighted by Gasteiger charge is -2.06. The Balaban J connectivity index is 2.11. The molecule has 24 heavy (non-hydrogen) atoms. The Morgan fingerprint density at radius 2 is 2.08 bits per heavy atom. The number of carbonyl (C=O) groups is 1. The molecule has 0 radical (unpaired) electrons. The highest BCUT2D eigenvalue weighted by Gasteiger charge is 2.14. The molecule has 0 aromatic heterocycles. The lowest BCUT2D eigenvalue weighted by atomic mass is 10.2. The summed E-state index contributed by atoms with van der Waals surface area (Å²) in [5.74, 6) is -0.817. The van der Waals surface area contributed by atoms with Gasteiger partial charge in [-0.2, -0.15) is 4.39 Å². The molecule has 0 saturated carbocycles. The molecule has 0 fully saturated rings. The first kappa shape index (κ1) is 17.1. The van der Waals surface area contributed by atoms with Crippen molar-refractivity contribution in [3.05, 3.63) is 70.0 Å². The third-order valence-corrected chi connectivity index (χ3v) is 3.04. The fraction of sp³-hybridized carbons (Fsp3) is 0.118. The molecule has 0 saturated heterocycles. The van der Waals surface area contributed by atoms with Crippen LogP contribution in [0.15, 0.2) is 48.5 Å². The topological polar surface area (TPSA) is 81.5 Å². The fourth-order valence-corrected chi connectivity index (χ4v) is 1.98. The Hall–Kier alpha value is -3.22. The van der Waals surface area contributed by atoms with Crippen LogP contribution < -0.4 is 10.1 Å². The van der Waals surface area contributed by atoms with Crippen LogP contribution in [0, 0.1) is 15.9 Å². The lowest BCUT2D eigenvalue weighted by molar-refractivity contribution is -0.387. The zero-order valence-electron chi connectivity index (χ0n) is 12.9. The van der Waals surface area contributed by atoms with Crippen molar-refractivity contribution >= 4 is 23.4 Å². The first-order chi connectivity index (χ1) is 11.5. The molecule has 0 atom stereocenters. The summed E-state index contributed by atoms with van der Waals surface area (Å²) in [5, 5.41) is 13.1. The van der Waals surface area contributed by atoms with E-state index in [1.807, 2.05) is 19.1 Å². The predicted molar refractivity (Wildman–Crippen MR) is 88.3 cm³/mol. The maximum Gasteiger partial charge on any atom is 0.306 e. The third-order valence-electron chi connectivity index (χ3n) is 3.04. The third kappa shape index (κ3) is 4.39. The van der Waals surface area contributed by atoms with E-state index >= 15 is 0 Å². The molecule has 0 aliphatic heterocycles. The summed E-state index contributed by atoms with van der Waals surface area (Å²) in [4.78, 5) is 21.8. The van der Waals surface area contributed by atoms with Gasteiger partial charge in [0.2, 0.25) is 11.7 Å². The van der Waals surface area contributed by atoms with Crippen molar-refractivity contribution in [3.8, 4) is 5.75 Å². The van der Waals surface area contributed by atoms with E-state index < -0.39 is 22.3 Å². The molecule has 0 unspecified atom stereocenters. The van der Waals surface area contributed by atoms with E-state index in [-0.39, 0.29) is 5.69 Å². The minimum absolute atomic E-state index is 0.135. The maximum atomic E-state index is 13.3. The maximum absolute atomic E-state index is 13.3. The average Bonchev–Trinajstić information content (AvgIpc) is 2.56. The van der Waals surface area contributed by atoms with Crippen LogP contribution in [0.3, 0.4) is 0 Å². The van der Waals surface area contributed by atoms with Crippen LogP contribution in [0.5, 0.6) is 5.75 Å². The van der Waals surface area contributed by atoms with Crippen molar-refractivity contribution in [2.75, 3.05) is 11.9 Å². The Morgan fingerprint density at radius 3 is 2.79 bits per heavy atom. The number of nitro benzene ring substituents is 1. The van der Waals surface area contributed by atoms with Gasteiger partial charge in [0.25, 0.3) is 0 Å². The van der Waals surface area contributed by atoms with Crippen molar-refractivity contribution < 1.29 is 18.8 Å². The van der Waals surface area contributed by atoms with Crippen molar-refractivity contribution in [2.45, 2.75) is 6.92 Å². The summed E-state index contributed by atoms with van der Waals surface area (Å²) < 4.78 is 18.7. The van der Waals surface area contributed by atoms with Gasteiger partial charge in [-0.1, -0.05) is 18.2 Å². The van der Waals surface area contributed by atoms with E-state index in [0.717, 1.165) is 17.7 Å². The van der Waals surface area contributed by atoms with E-state index in [1.165, 1.54) is 12.1 Å². The summed E-state index contributed by atoms with van der Waals surface area (Å²) >= 11 is 0. The molecular formula is C17H15FN2O4. The first-order valence-corrected chi connectivity index (χ1v) is 7.16. The highest BCUT2D eigenvalue weighted by Crippen LogP contribution is 2.22. The number of hydrogen-bond donors (Lipinski definition) is 1. The number of rotatable bonds is 6. The van der Waals surface area contributed by atoms with E-state index in [2.05, 4.69) is 5.32 Å². The summed E-state index contributed by atoms with van der Waals surface area (Å²) in [6, 6.07) is 10.4. The first-order valence-electron chi connectivity index (χ1n) is 7.16. The Morgan fingerprint density at radius 1 is 1.33 bits per heavy atom. The molecular weight excluding hydrogens is 315 g/mol. The van der Waals surface area contributed by atoms with Gasteiger partial charge in [-0.25, -0.2) is 0 Å². The molecule has 1 amide bonds. The second kappa shape index (κ2) is 7.87. The van der Waals surface area contributed by atoms with Crippen molar-refractivity contribution in [1.82, 2.24) is 0 Å². The monoisotopic (exact) mass is 330 g/mol. The predicted octanol–water partition coefficient (Wildman–Crippen LogP) is 3.78. The second-order valence-electron chi connectivity index (χ2n) is 4.72. The van der Waals surface area contributed by atoms with Gasteiger partial charge in [0, 0.05) is 23.4 Å². The van der Waals surface area contributed by atoms with E-state index in [9.17, 15) is 19.3 Å². The molecule has 0 spiro atoms. The van der Waals surface area contributed by atoms with Gasteiger partial charge in [0.15, 0.2) is 0 Å². The number of para-hydroxylation sites is 1. The highest BCUT2D eigenvalue weighted by atomic mass is 19.1. The molecule has 1 N–H and O–H groups in total. The Bertz CT molecular complexity index is 790. The van der Waals surface area contributed by atoms with Gasteiger partial charge >= 0.3 is 5.69 Å². The van der Waals surface area contributed by atoms with E-state index in [4.69, 9.17) is 4.74 Å². The number of benzene rings is 2. The van der Waals surface area contributed by atoms with Crippen LogP contribution in [0.4, 0.5) is 15.8 Å². The number of amides is 1. The number of hydrogen-bond acceptors (Lipinski definition) is 4. The van der Waals surface area contributed by atoms with E-state index in [1.54, 1.807) is 18.2 Å². The van der Waals surface area contributed by atoms with Gasteiger partial charge < -0.3 is 10.1 Å². The highest BCUT2D eigenvalue weighted by molar-refractivity contribution is 6.02. The minimum Gasteiger partial charge on any atom is -0.493 e. The average molecular weight is 330 g/mol. The van der Waals surface area contributed by atoms with Crippen molar-refractivity contribution in [1.29, 1.82) is 0 Å². The molecule has 0 aliphatic carbocycles. The summed E-state index contributed by atoms with van der Waals surface area (Å²) in [5.41, 5.74) is 0.161. The van der Waals surface area contributed by atoms with Gasteiger partial charge in [0.1, 0.15) is 5.75 Å². The number of carbonyl (C=O) groups excluding carboxylic acids is 1. The molecule has 6 nitrogen and oxygen atoms in total. The van der Waals surface area contributed by atoms with Gasteiger partial charge in [-0.15, -0.1) is 0 Å². The molecule has 0 bridgehead atoms. The van der Waals surface area contributed by atoms with Crippen molar-refractivity contribution in [3.63, 3.8) is 0 Å². The minimum atomic E-state index is -0.959. The lowest BCUT2D eigenvalue weighted by Crippen LogP contribution is -2.08. The largest absolute Gasteiger partial charge is 0.493 e. The molecule has 0 aliphatic rings. The van der Waals surface area contributed by atoms with Gasteiger partial charge in [-0.05, 0) is 31.2 Å². The fourth-order valence-electron chi connectivity index (χ4n) is 1.98. The van der Waals surface area contributed by atoms with Crippen LogP contribution in [0.25, 0.3) is 6.08 Å². The molecule has 0 heterocycles. The molecule has 124 valence electrons.